The molecule has 0 saturated heterocycles. The Morgan fingerprint density at radius 1 is 1.22 bits per heavy atom. The molecular weight excluding hydrogens is 428 g/mol. The van der Waals surface area contributed by atoms with Crippen molar-refractivity contribution in [1.29, 1.82) is 0 Å². The highest BCUT2D eigenvalue weighted by Crippen LogP contribution is 2.23. The van der Waals surface area contributed by atoms with Crippen LogP contribution in [0.25, 0.3) is 5.69 Å². The Hall–Kier alpha value is -2.38. The quantitative estimate of drug-likeness (QED) is 0.419. The van der Waals surface area contributed by atoms with Crippen molar-refractivity contribution < 1.29 is 9.53 Å². The third-order valence-electron chi connectivity index (χ3n) is 3.91. The van der Waals surface area contributed by atoms with Crippen LogP contribution in [0.5, 0.6) is 5.75 Å². The predicted octanol–water partition coefficient (Wildman–Crippen LogP) is 4.29. The first kappa shape index (κ1) is 19.4. The van der Waals surface area contributed by atoms with E-state index < -0.39 is 0 Å². The van der Waals surface area contributed by atoms with Crippen LogP contribution in [0, 0.1) is 6.92 Å². The number of aromatic nitrogens is 2. The molecule has 0 aliphatic heterocycles. The minimum Gasteiger partial charge on any atom is -0.495 e. The molecule has 27 heavy (non-hydrogen) atoms. The van der Waals surface area contributed by atoms with Gasteiger partial charge in [0.05, 0.1) is 18.6 Å². The van der Waals surface area contributed by atoms with Crippen molar-refractivity contribution in [2.24, 2.45) is 0 Å². The summed E-state index contributed by atoms with van der Waals surface area (Å²) in [7, 11) is 1.56. The van der Waals surface area contributed by atoms with Crippen LogP contribution in [0.1, 0.15) is 15.9 Å². The molecule has 0 amide bonds. The van der Waals surface area contributed by atoms with Crippen LogP contribution < -0.4 is 10.3 Å². The number of hydrogen-bond donors (Lipinski definition) is 0. The first-order valence-corrected chi connectivity index (χ1v) is 9.91. The fourth-order valence-electron chi connectivity index (χ4n) is 2.52. The SMILES string of the molecule is COc1ccc(C)cc1-n1ccnc(SCC(=O)c2ccc(Br)cc2)c1=O. The molecule has 0 aliphatic rings. The van der Waals surface area contributed by atoms with Crippen molar-refractivity contribution in [2.75, 3.05) is 12.9 Å². The summed E-state index contributed by atoms with van der Waals surface area (Å²) in [5, 5.41) is 0.270. The van der Waals surface area contributed by atoms with Crippen molar-refractivity contribution in [3.05, 3.63) is 80.8 Å². The average Bonchev–Trinajstić information content (AvgIpc) is 2.67. The van der Waals surface area contributed by atoms with Crippen LogP contribution in [-0.2, 0) is 0 Å². The number of Topliss-reactive ketones (excluding diaryl/α,β-unsaturated/α-hetero) is 1. The largest absolute Gasteiger partial charge is 0.495 e. The Kier molecular flexibility index (Phi) is 6.13. The summed E-state index contributed by atoms with van der Waals surface area (Å²) in [6.45, 7) is 1.95. The lowest BCUT2D eigenvalue weighted by atomic mass is 10.2. The Labute approximate surface area is 169 Å². The van der Waals surface area contributed by atoms with Gasteiger partial charge < -0.3 is 4.74 Å². The Bertz CT molecular complexity index is 1030. The lowest BCUT2D eigenvalue weighted by molar-refractivity contribution is 0.102. The van der Waals surface area contributed by atoms with Crippen LogP contribution in [0.15, 0.2) is 69.2 Å². The van der Waals surface area contributed by atoms with E-state index in [4.69, 9.17) is 4.74 Å². The van der Waals surface area contributed by atoms with Gasteiger partial charge in [-0.25, -0.2) is 4.98 Å². The molecule has 7 heteroatoms. The number of benzene rings is 2. The number of ether oxygens (including phenoxy) is 1. The molecule has 0 N–H and O–H groups in total. The second-order valence-corrected chi connectivity index (χ2v) is 7.68. The van der Waals surface area contributed by atoms with Crippen LogP contribution in [-0.4, -0.2) is 28.2 Å². The monoisotopic (exact) mass is 444 g/mol. The lowest BCUT2D eigenvalue weighted by Crippen LogP contribution is -2.21. The number of carbonyl (C=O) groups is 1. The lowest BCUT2D eigenvalue weighted by Gasteiger charge is -2.12. The van der Waals surface area contributed by atoms with Crippen molar-refractivity contribution in [1.82, 2.24) is 9.55 Å². The van der Waals surface area contributed by atoms with E-state index in [2.05, 4.69) is 20.9 Å². The fourth-order valence-corrected chi connectivity index (χ4v) is 3.58. The first-order valence-electron chi connectivity index (χ1n) is 8.14. The Balaban J connectivity index is 1.86. The van der Waals surface area contributed by atoms with E-state index in [1.54, 1.807) is 31.6 Å². The number of nitrogens with zero attached hydrogens (tertiary/aromatic N) is 2. The third kappa shape index (κ3) is 4.48. The summed E-state index contributed by atoms with van der Waals surface area (Å²) in [6, 6.07) is 12.7. The van der Waals surface area contributed by atoms with Gasteiger partial charge in [0.1, 0.15) is 5.75 Å². The zero-order valence-corrected chi connectivity index (χ0v) is 17.2. The van der Waals surface area contributed by atoms with E-state index in [-0.39, 0.29) is 22.1 Å². The molecule has 3 rings (SSSR count). The van der Waals surface area contributed by atoms with Crippen molar-refractivity contribution in [2.45, 2.75) is 11.9 Å². The molecular formula is C20H17BrN2O3S. The van der Waals surface area contributed by atoms with Gasteiger partial charge in [0, 0.05) is 22.4 Å². The van der Waals surface area contributed by atoms with Gasteiger partial charge in [0.2, 0.25) is 0 Å². The Morgan fingerprint density at radius 2 is 1.96 bits per heavy atom. The molecule has 0 unspecified atom stereocenters. The number of hydrogen-bond acceptors (Lipinski definition) is 5. The van der Waals surface area contributed by atoms with Crippen LogP contribution in [0.4, 0.5) is 0 Å². The molecule has 3 aromatic rings. The van der Waals surface area contributed by atoms with E-state index >= 15 is 0 Å². The summed E-state index contributed by atoms with van der Waals surface area (Å²) in [5.74, 6) is 0.673. The maximum atomic E-state index is 12.8. The van der Waals surface area contributed by atoms with E-state index in [9.17, 15) is 9.59 Å². The smallest absolute Gasteiger partial charge is 0.287 e. The third-order valence-corrected chi connectivity index (χ3v) is 5.40. The number of ketones is 1. The van der Waals surface area contributed by atoms with E-state index in [0.717, 1.165) is 21.8 Å². The predicted molar refractivity (Wildman–Crippen MR) is 110 cm³/mol. The second kappa shape index (κ2) is 8.54. The number of rotatable bonds is 6. The van der Waals surface area contributed by atoms with Gasteiger partial charge in [-0.3, -0.25) is 14.2 Å². The van der Waals surface area contributed by atoms with Gasteiger partial charge >= 0.3 is 0 Å². The highest BCUT2D eigenvalue weighted by atomic mass is 79.9. The normalized spacial score (nSPS) is 10.6. The maximum absolute atomic E-state index is 12.8. The highest BCUT2D eigenvalue weighted by Gasteiger charge is 2.13. The van der Waals surface area contributed by atoms with E-state index in [1.807, 2.05) is 37.3 Å². The topological polar surface area (TPSA) is 61.2 Å². The second-order valence-electron chi connectivity index (χ2n) is 5.80. The summed E-state index contributed by atoms with van der Waals surface area (Å²) in [5.41, 5.74) is 1.97. The van der Waals surface area contributed by atoms with E-state index in [1.165, 1.54) is 4.57 Å². The molecule has 1 aromatic heterocycles. The summed E-state index contributed by atoms with van der Waals surface area (Å²) >= 11 is 4.48. The highest BCUT2D eigenvalue weighted by molar-refractivity contribution is 9.10. The van der Waals surface area contributed by atoms with Crippen molar-refractivity contribution in [3.63, 3.8) is 0 Å². The molecule has 1 heterocycles. The molecule has 0 spiro atoms. The average molecular weight is 445 g/mol. The molecule has 0 bridgehead atoms. The van der Waals surface area contributed by atoms with Crippen LogP contribution in [0.2, 0.25) is 0 Å². The number of methoxy groups -OCH3 is 1. The Morgan fingerprint density at radius 3 is 2.67 bits per heavy atom. The van der Waals surface area contributed by atoms with Gasteiger partial charge in [-0.15, -0.1) is 0 Å². The molecule has 5 nitrogen and oxygen atoms in total. The minimum atomic E-state index is -0.282. The number of carbonyl (C=O) groups excluding carboxylic acids is 1. The number of aryl methyl sites for hydroxylation is 1. The molecule has 0 radical (unpaired) electrons. The van der Waals surface area contributed by atoms with Gasteiger partial charge in [0.25, 0.3) is 5.56 Å². The van der Waals surface area contributed by atoms with E-state index in [0.29, 0.717) is 17.0 Å². The zero-order valence-electron chi connectivity index (χ0n) is 14.8. The fraction of sp³-hybridized carbons (Fsp3) is 0.150. The van der Waals surface area contributed by atoms with Gasteiger partial charge in [-0.05, 0) is 36.8 Å². The van der Waals surface area contributed by atoms with Gasteiger partial charge in [-0.2, -0.15) is 0 Å². The van der Waals surface area contributed by atoms with Crippen LogP contribution in [0.3, 0.4) is 0 Å². The molecule has 0 fully saturated rings. The maximum Gasteiger partial charge on any atom is 0.287 e. The molecule has 0 aliphatic carbocycles. The van der Waals surface area contributed by atoms with Gasteiger partial charge in [-0.1, -0.05) is 45.9 Å². The summed E-state index contributed by atoms with van der Waals surface area (Å²) < 4.78 is 7.77. The number of halogens is 1. The summed E-state index contributed by atoms with van der Waals surface area (Å²) in [6.07, 6.45) is 3.15. The minimum absolute atomic E-state index is 0.0581. The molecule has 0 saturated carbocycles. The molecule has 2 aromatic carbocycles. The van der Waals surface area contributed by atoms with Crippen LogP contribution >= 0.6 is 27.7 Å². The zero-order chi connectivity index (χ0) is 19.4. The van der Waals surface area contributed by atoms with Crippen molar-refractivity contribution >= 4 is 33.5 Å². The van der Waals surface area contributed by atoms with Gasteiger partial charge in [0.15, 0.2) is 10.8 Å². The molecule has 138 valence electrons. The standard InChI is InChI=1S/C20H17BrN2O3S/c1-13-3-8-18(26-2)16(11-13)23-10-9-22-19(20(23)25)27-12-17(24)14-4-6-15(21)7-5-14/h3-11H,12H2,1-2H3. The van der Waals surface area contributed by atoms with Crippen molar-refractivity contribution in [3.8, 4) is 11.4 Å². The number of thioether (sulfide) groups is 1. The molecule has 0 atom stereocenters. The summed E-state index contributed by atoms with van der Waals surface area (Å²) in [4.78, 5) is 29.3. The first-order chi connectivity index (χ1) is 13.0.